The summed E-state index contributed by atoms with van der Waals surface area (Å²) in [6.45, 7) is 1.77. The van der Waals surface area contributed by atoms with E-state index in [1.165, 1.54) is 5.39 Å². The highest BCUT2D eigenvalue weighted by atomic mass is 35.5. The van der Waals surface area contributed by atoms with E-state index in [1.54, 1.807) is 0 Å². The molecule has 16 heavy (non-hydrogen) atoms. The van der Waals surface area contributed by atoms with Gasteiger partial charge in [-0.1, -0.05) is 24.3 Å². The molecular weight excluding hydrogens is 222 g/mol. The van der Waals surface area contributed by atoms with Crippen LogP contribution in [0.2, 0.25) is 0 Å². The monoisotopic (exact) mass is 232 g/mol. The Balaban J connectivity index is 0.000000963. The zero-order valence-electron chi connectivity index (χ0n) is 8.65. The zero-order valence-corrected chi connectivity index (χ0v) is 9.41. The Bertz CT molecular complexity index is 537. The van der Waals surface area contributed by atoms with Crippen molar-refractivity contribution in [2.45, 2.75) is 0 Å². The number of amidine groups is 1. The molecule has 1 aliphatic heterocycles. The second-order valence-corrected chi connectivity index (χ2v) is 3.55. The maximum absolute atomic E-state index is 4.56. The van der Waals surface area contributed by atoms with Crippen molar-refractivity contribution >= 4 is 16.7 Å². The van der Waals surface area contributed by atoms with Crippen LogP contribution in [-0.4, -0.2) is 23.9 Å². The van der Waals surface area contributed by atoms with Gasteiger partial charge >= 0.3 is 0 Å². The number of benzene rings is 1. The number of hydrogen-bond donors (Lipinski definition) is 1. The van der Waals surface area contributed by atoms with Gasteiger partial charge in [-0.2, -0.15) is 0 Å². The van der Waals surface area contributed by atoms with E-state index in [9.17, 15) is 0 Å². The molecule has 82 valence electrons. The number of fused-ring (bicyclic) bond motifs is 1. The summed E-state index contributed by atoms with van der Waals surface area (Å²) in [5, 5.41) is 4.39. The summed E-state index contributed by atoms with van der Waals surface area (Å²) in [5.74, 6) is 0.917. The van der Waals surface area contributed by atoms with Crippen LogP contribution in [0.3, 0.4) is 0 Å². The molecule has 0 fully saturated rings. The second-order valence-electron chi connectivity index (χ2n) is 3.55. The number of aromatic nitrogens is 1. The first kappa shape index (κ1) is 10.9. The molecule has 0 aliphatic carbocycles. The van der Waals surface area contributed by atoms with Crippen molar-refractivity contribution < 1.29 is 12.4 Å². The fourth-order valence-electron chi connectivity index (χ4n) is 1.77. The minimum Gasteiger partial charge on any atom is -1.00 e. The Hall–Kier alpha value is -1.61. The lowest BCUT2D eigenvalue weighted by Crippen LogP contribution is -3.00. The van der Waals surface area contributed by atoms with E-state index in [0.717, 1.165) is 30.1 Å². The molecule has 3 rings (SSSR count). The summed E-state index contributed by atoms with van der Waals surface area (Å²) < 4.78 is 0. The quantitative estimate of drug-likeness (QED) is 0.656. The molecule has 0 radical (unpaired) electrons. The predicted octanol–water partition coefficient (Wildman–Crippen LogP) is -1.41. The normalized spacial score (nSPS) is 14.1. The van der Waals surface area contributed by atoms with Gasteiger partial charge in [0.2, 0.25) is 0 Å². The van der Waals surface area contributed by atoms with Crippen molar-refractivity contribution in [3.8, 4) is 0 Å². The molecule has 2 aromatic rings. The van der Waals surface area contributed by atoms with Gasteiger partial charge in [0, 0.05) is 11.9 Å². The number of nitrogens with zero attached hydrogens (tertiary/aromatic N) is 2. The van der Waals surface area contributed by atoms with Gasteiger partial charge in [0.25, 0.3) is 0 Å². The highest BCUT2D eigenvalue weighted by Gasteiger charge is 2.09. The summed E-state index contributed by atoms with van der Waals surface area (Å²) in [6, 6.07) is 12.2. The van der Waals surface area contributed by atoms with Crippen LogP contribution in [0.15, 0.2) is 41.4 Å². The van der Waals surface area contributed by atoms with Crippen LogP contribution in [0, 0.1) is 0 Å². The molecule has 2 heterocycles. The van der Waals surface area contributed by atoms with Crippen LogP contribution >= 0.6 is 0 Å². The molecule has 0 unspecified atom stereocenters. The molecule has 1 N–H and O–H groups in total. The molecule has 1 aromatic heterocycles. The number of hydrogen-bond acceptors (Lipinski definition) is 3. The van der Waals surface area contributed by atoms with Crippen molar-refractivity contribution in [2.75, 3.05) is 13.1 Å². The number of aliphatic imine (C=N–C) groups is 1. The molecule has 0 bridgehead atoms. The van der Waals surface area contributed by atoms with Crippen molar-refractivity contribution in [1.82, 2.24) is 10.3 Å². The van der Waals surface area contributed by atoms with Crippen LogP contribution in [0.4, 0.5) is 0 Å². The summed E-state index contributed by atoms with van der Waals surface area (Å²) in [6.07, 6.45) is 0. The van der Waals surface area contributed by atoms with Gasteiger partial charge < -0.3 is 17.7 Å². The van der Waals surface area contributed by atoms with Crippen molar-refractivity contribution in [3.63, 3.8) is 0 Å². The smallest absolute Gasteiger partial charge is 0.147 e. The molecule has 0 spiro atoms. The lowest BCUT2D eigenvalue weighted by atomic mass is 10.2. The molecule has 0 saturated carbocycles. The van der Waals surface area contributed by atoms with Crippen LogP contribution in [-0.2, 0) is 0 Å². The van der Waals surface area contributed by atoms with Crippen molar-refractivity contribution in [1.29, 1.82) is 0 Å². The maximum atomic E-state index is 4.56. The Morgan fingerprint density at radius 2 is 1.94 bits per heavy atom. The Kier molecular flexibility index (Phi) is 3.06. The van der Waals surface area contributed by atoms with Gasteiger partial charge in [0.1, 0.15) is 11.5 Å². The minimum absolute atomic E-state index is 0. The summed E-state index contributed by atoms with van der Waals surface area (Å²) in [4.78, 5) is 8.92. The van der Waals surface area contributed by atoms with E-state index in [2.05, 4.69) is 27.4 Å². The fourth-order valence-corrected chi connectivity index (χ4v) is 1.77. The van der Waals surface area contributed by atoms with Gasteiger partial charge in [0.15, 0.2) is 0 Å². The number of nitrogens with one attached hydrogen (secondary N) is 1. The van der Waals surface area contributed by atoms with Crippen LogP contribution < -0.4 is 17.7 Å². The molecular formula is C12H11ClN3-. The maximum Gasteiger partial charge on any atom is 0.147 e. The largest absolute Gasteiger partial charge is 1.00 e. The number of pyridine rings is 1. The van der Waals surface area contributed by atoms with Gasteiger partial charge in [-0.3, -0.25) is 4.99 Å². The third-order valence-corrected chi connectivity index (χ3v) is 2.52. The van der Waals surface area contributed by atoms with Gasteiger partial charge in [0.05, 0.1) is 12.1 Å². The first-order chi connectivity index (χ1) is 7.43. The third-order valence-electron chi connectivity index (χ3n) is 2.52. The predicted molar refractivity (Wildman–Crippen MR) is 61.1 cm³/mol. The summed E-state index contributed by atoms with van der Waals surface area (Å²) in [7, 11) is 0. The van der Waals surface area contributed by atoms with Gasteiger partial charge in [-0.15, -0.1) is 0 Å². The second kappa shape index (κ2) is 4.49. The number of rotatable bonds is 1. The van der Waals surface area contributed by atoms with Crippen LogP contribution in [0.1, 0.15) is 5.69 Å². The van der Waals surface area contributed by atoms with E-state index >= 15 is 0 Å². The van der Waals surface area contributed by atoms with E-state index in [4.69, 9.17) is 0 Å². The minimum atomic E-state index is 0. The zero-order chi connectivity index (χ0) is 10.1. The highest BCUT2D eigenvalue weighted by Crippen LogP contribution is 2.12. The molecule has 3 nitrogen and oxygen atoms in total. The van der Waals surface area contributed by atoms with E-state index < -0.39 is 0 Å². The molecule has 1 aliphatic rings. The number of halogens is 1. The van der Waals surface area contributed by atoms with E-state index in [1.807, 2.05) is 24.3 Å². The van der Waals surface area contributed by atoms with E-state index in [0.29, 0.717) is 0 Å². The average molecular weight is 233 g/mol. The van der Waals surface area contributed by atoms with Gasteiger partial charge in [-0.25, -0.2) is 4.98 Å². The number of para-hydroxylation sites is 1. The Morgan fingerprint density at radius 1 is 1.06 bits per heavy atom. The molecule has 0 amide bonds. The van der Waals surface area contributed by atoms with Crippen molar-refractivity contribution in [2.24, 2.45) is 4.99 Å². The molecule has 0 saturated heterocycles. The molecule has 4 heteroatoms. The first-order valence-electron chi connectivity index (χ1n) is 5.08. The lowest BCUT2D eigenvalue weighted by molar-refractivity contribution is -0.00000307. The van der Waals surface area contributed by atoms with Crippen LogP contribution in [0.25, 0.3) is 10.9 Å². The third kappa shape index (κ3) is 1.86. The average Bonchev–Trinajstić information content (AvgIpc) is 2.82. The Labute approximate surface area is 100 Å². The first-order valence-corrected chi connectivity index (χ1v) is 5.08. The molecule has 0 atom stereocenters. The summed E-state index contributed by atoms with van der Waals surface area (Å²) >= 11 is 0. The summed E-state index contributed by atoms with van der Waals surface area (Å²) in [5.41, 5.74) is 1.96. The van der Waals surface area contributed by atoms with Crippen LogP contribution in [0.5, 0.6) is 0 Å². The fraction of sp³-hybridized carbons (Fsp3) is 0.167. The highest BCUT2D eigenvalue weighted by molar-refractivity contribution is 5.99. The van der Waals surface area contributed by atoms with E-state index in [-0.39, 0.29) is 12.4 Å². The lowest BCUT2D eigenvalue weighted by Gasteiger charge is -2.02. The topological polar surface area (TPSA) is 37.3 Å². The molecule has 1 aromatic carbocycles. The van der Waals surface area contributed by atoms with Crippen molar-refractivity contribution in [3.05, 3.63) is 42.1 Å². The van der Waals surface area contributed by atoms with Gasteiger partial charge in [-0.05, 0) is 12.1 Å². The SMILES string of the molecule is [Cl-].c1ccc2nc(C3=NCCN3)ccc2c1. The standard InChI is InChI=1S/C12H11N3.ClH/c1-2-4-10-9(3-1)5-6-11(15-10)12-13-7-8-14-12;/h1-6H,7-8H2,(H,13,14);1H/p-1. The Morgan fingerprint density at radius 3 is 2.75 bits per heavy atom.